The van der Waals surface area contributed by atoms with Crippen molar-refractivity contribution in [2.45, 2.75) is 31.1 Å². The van der Waals surface area contributed by atoms with Crippen LogP contribution < -0.4 is 5.32 Å². The van der Waals surface area contributed by atoms with E-state index in [1.807, 2.05) is 0 Å². The number of carbonyl (C=O) groups excluding carboxylic acids is 1. The molecule has 1 N–H and O–H groups in total. The number of likely N-dealkylation sites (tertiary alicyclic amines) is 1. The molecule has 0 aliphatic carbocycles. The first-order chi connectivity index (χ1) is 20.1. The number of hydrogen-bond donors (Lipinski definition) is 1. The number of benzene rings is 2. The summed E-state index contributed by atoms with van der Waals surface area (Å²) in [6, 6.07) is 8.33. The average Bonchev–Trinajstić information content (AvgIpc) is 3.36. The molecule has 0 radical (unpaired) electrons. The summed E-state index contributed by atoms with van der Waals surface area (Å²) in [5.41, 5.74) is -4.08. The molecule has 0 spiro atoms. The molecule has 0 saturated carbocycles. The summed E-state index contributed by atoms with van der Waals surface area (Å²) >= 11 is 0. The Kier molecular flexibility index (Phi) is 8.15. The fourth-order valence-electron chi connectivity index (χ4n) is 5.06. The minimum absolute atomic E-state index is 0.00385. The molecule has 0 bridgehead atoms. The van der Waals surface area contributed by atoms with Crippen LogP contribution in [0.4, 0.5) is 50.0 Å². The lowest BCUT2D eigenvalue weighted by Crippen LogP contribution is -2.64. The second-order valence-corrected chi connectivity index (χ2v) is 10.4. The second kappa shape index (κ2) is 11.4. The number of amides is 2. The summed E-state index contributed by atoms with van der Waals surface area (Å²) in [7, 11) is 0. The number of anilines is 1. The van der Waals surface area contributed by atoms with Gasteiger partial charge in [0, 0.05) is 56.6 Å². The van der Waals surface area contributed by atoms with Gasteiger partial charge >= 0.3 is 24.6 Å². The summed E-state index contributed by atoms with van der Waals surface area (Å²) in [6.07, 6.45) is -14.5. The fourth-order valence-corrected chi connectivity index (χ4v) is 5.06. The number of carbonyl (C=O) groups is 1. The van der Waals surface area contributed by atoms with Crippen molar-refractivity contribution >= 4 is 11.7 Å². The number of nitrogens with one attached hydrogen (secondary N) is 1. The van der Waals surface area contributed by atoms with Gasteiger partial charge in [0.1, 0.15) is 11.5 Å². The summed E-state index contributed by atoms with van der Waals surface area (Å²) in [5.74, 6) is 0.919. The van der Waals surface area contributed by atoms with Crippen LogP contribution in [0.3, 0.4) is 0 Å². The molecule has 1 aromatic heterocycles. The van der Waals surface area contributed by atoms with E-state index in [0.29, 0.717) is 61.9 Å². The van der Waals surface area contributed by atoms with E-state index in [4.69, 9.17) is 4.42 Å². The number of furan rings is 1. The van der Waals surface area contributed by atoms with Gasteiger partial charge in [0.05, 0.1) is 23.2 Å². The third kappa shape index (κ3) is 7.26. The van der Waals surface area contributed by atoms with Gasteiger partial charge in [-0.3, -0.25) is 9.80 Å². The van der Waals surface area contributed by atoms with Crippen LogP contribution in [0.15, 0.2) is 59.0 Å². The van der Waals surface area contributed by atoms with Crippen molar-refractivity contribution in [2.75, 3.05) is 44.6 Å². The maximum atomic E-state index is 13.1. The summed E-state index contributed by atoms with van der Waals surface area (Å²) in [6.45, 7) is 3.54. The summed E-state index contributed by atoms with van der Waals surface area (Å²) < 4.78 is 123. The largest absolute Gasteiger partial charge is 0.460 e. The maximum Gasteiger partial charge on any atom is 0.416 e. The number of nitrogens with zero attached hydrogens (tertiary/aromatic N) is 3. The molecule has 6 nitrogen and oxygen atoms in total. The minimum Gasteiger partial charge on any atom is -0.460 e. The first-order valence-electron chi connectivity index (χ1n) is 13.1. The molecule has 2 aliphatic heterocycles. The molecule has 0 unspecified atom stereocenters. The van der Waals surface area contributed by atoms with Gasteiger partial charge in [-0.1, -0.05) is 12.1 Å². The van der Waals surface area contributed by atoms with E-state index >= 15 is 0 Å². The Balaban J connectivity index is 1.10. The molecule has 2 fully saturated rings. The zero-order valence-corrected chi connectivity index (χ0v) is 22.3. The molecular formula is C28H25F9N4O2. The van der Waals surface area contributed by atoms with Crippen LogP contribution in [0.2, 0.25) is 0 Å². The van der Waals surface area contributed by atoms with Crippen molar-refractivity contribution in [3.05, 3.63) is 77.0 Å². The van der Waals surface area contributed by atoms with Gasteiger partial charge in [-0.05, 0) is 42.5 Å². The fraction of sp³-hybridized carbons (Fsp3) is 0.393. The van der Waals surface area contributed by atoms with E-state index in [2.05, 4.69) is 15.1 Å². The molecule has 3 aromatic rings. The molecule has 2 saturated heterocycles. The van der Waals surface area contributed by atoms with Gasteiger partial charge < -0.3 is 14.6 Å². The standard InChI is InChI=1S/C28H25F9N4O2/c29-26(30,31)18-3-1-2-17(10-18)24-5-4-23(43-24)16-39-6-8-40(9-7-39)22-14-41(15-22)25(42)38-21-12-19(27(32,33)34)11-20(13-21)28(35,36)37/h1-5,10-13,22H,6-9,14-16H2,(H,38,42). The normalized spacial score (nSPS) is 17.7. The number of alkyl halides is 9. The molecule has 232 valence electrons. The van der Waals surface area contributed by atoms with Gasteiger partial charge in [-0.25, -0.2) is 4.79 Å². The Bertz CT molecular complexity index is 1420. The van der Waals surface area contributed by atoms with Gasteiger partial charge in [-0.2, -0.15) is 39.5 Å². The van der Waals surface area contributed by atoms with Crippen LogP contribution in [0, 0.1) is 0 Å². The molecule has 0 atom stereocenters. The van der Waals surface area contributed by atoms with E-state index in [9.17, 15) is 44.3 Å². The topological polar surface area (TPSA) is 52.0 Å². The van der Waals surface area contributed by atoms with Crippen LogP contribution >= 0.6 is 0 Å². The van der Waals surface area contributed by atoms with Gasteiger partial charge in [-0.15, -0.1) is 0 Å². The predicted molar refractivity (Wildman–Crippen MR) is 137 cm³/mol. The Labute approximate surface area is 239 Å². The second-order valence-electron chi connectivity index (χ2n) is 10.4. The highest BCUT2D eigenvalue weighted by Crippen LogP contribution is 2.38. The van der Waals surface area contributed by atoms with Crippen molar-refractivity contribution in [3.8, 4) is 11.3 Å². The molecule has 2 aromatic carbocycles. The highest BCUT2D eigenvalue weighted by atomic mass is 19.4. The van der Waals surface area contributed by atoms with Gasteiger partial charge in [0.15, 0.2) is 0 Å². The van der Waals surface area contributed by atoms with Crippen LogP contribution in [0.1, 0.15) is 22.5 Å². The van der Waals surface area contributed by atoms with Crippen LogP contribution in [-0.2, 0) is 25.1 Å². The average molecular weight is 621 g/mol. The van der Waals surface area contributed by atoms with Crippen molar-refractivity contribution in [1.29, 1.82) is 0 Å². The van der Waals surface area contributed by atoms with Gasteiger partial charge in [0.25, 0.3) is 0 Å². The number of urea groups is 1. The van der Waals surface area contributed by atoms with Crippen LogP contribution in [0.5, 0.6) is 0 Å². The van der Waals surface area contributed by atoms with Crippen molar-refractivity contribution in [3.63, 3.8) is 0 Å². The molecule has 3 heterocycles. The smallest absolute Gasteiger partial charge is 0.416 e. The Morgan fingerprint density at radius 2 is 1.37 bits per heavy atom. The monoisotopic (exact) mass is 620 g/mol. The van der Waals surface area contributed by atoms with Crippen molar-refractivity contribution in [1.82, 2.24) is 14.7 Å². The quantitative estimate of drug-likeness (QED) is 0.311. The van der Waals surface area contributed by atoms with Gasteiger partial charge in [0.2, 0.25) is 0 Å². The highest BCUT2D eigenvalue weighted by Gasteiger charge is 2.39. The predicted octanol–water partition coefficient (Wildman–Crippen LogP) is 7.04. The van der Waals surface area contributed by atoms with Crippen molar-refractivity contribution < 1.29 is 48.7 Å². The Morgan fingerprint density at radius 1 is 0.767 bits per heavy atom. The number of halogens is 9. The minimum atomic E-state index is -5.02. The summed E-state index contributed by atoms with van der Waals surface area (Å²) in [5, 5.41) is 2.14. The molecular weight excluding hydrogens is 595 g/mol. The van der Waals surface area contributed by atoms with Crippen LogP contribution in [0.25, 0.3) is 11.3 Å². The molecule has 2 amide bonds. The third-order valence-electron chi connectivity index (χ3n) is 7.43. The lowest BCUT2D eigenvalue weighted by molar-refractivity contribution is -0.143. The maximum absolute atomic E-state index is 13.1. The zero-order chi connectivity index (χ0) is 31.2. The lowest BCUT2D eigenvalue weighted by atomic mass is 10.1. The first-order valence-corrected chi connectivity index (χ1v) is 13.1. The Morgan fingerprint density at radius 3 is 1.95 bits per heavy atom. The Hall–Kier alpha value is -3.72. The highest BCUT2D eigenvalue weighted by molar-refractivity contribution is 5.90. The molecule has 15 heteroatoms. The molecule has 43 heavy (non-hydrogen) atoms. The van der Waals surface area contributed by atoms with E-state index in [-0.39, 0.29) is 25.2 Å². The van der Waals surface area contributed by atoms with Crippen molar-refractivity contribution in [2.24, 2.45) is 0 Å². The van der Waals surface area contributed by atoms with E-state index in [0.717, 1.165) is 12.1 Å². The number of hydrogen-bond acceptors (Lipinski definition) is 4. The third-order valence-corrected chi connectivity index (χ3v) is 7.43. The number of rotatable bonds is 5. The van der Waals surface area contributed by atoms with E-state index in [1.54, 1.807) is 12.1 Å². The zero-order valence-electron chi connectivity index (χ0n) is 22.3. The van der Waals surface area contributed by atoms with E-state index in [1.165, 1.54) is 17.0 Å². The first kappa shape index (κ1) is 30.7. The molecule has 2 aliphatic rings. The van der Waals surface area contributed by atoms with Crippen LogP contribution in [-0.4, -0.2) is 66.0 Å². The molecule has 5 rings (SSSR count). The number of piperazine rings is 1. The lowest BCUT2D eigenvalue weighted by Gasteiger charge is -2.47. The SMILES string of the molecule is O=C(Nc1cc(C(F)(F)F)cc(C(F)(F)F)c1)N1CC(N2CCN(Cc3ccc(-c4cccc(C(F)(F)F)c4)o3)CC2)C1. The van der Waals surface area contributed by atoms with E-state index < -0.39 is 46.9 Å². The summed E-state index contributed by atoms with van der Waals surface area (Å²) in [4.78, 5) is 18.1.